The van der Waals surface area contributed by atoms with Crippen molar-refractivity contribution in [3.8, 4) is 21.9 Å². The highest BCUT2D eigenvalue weighted by molar-refractivity contribution is 7.13. The van der Waals surface area contributed by atoms with E-state index in [-0.39, 0.29) is 6.61 Å². The van der Waals surface area contributed by atoms with Gasteiger partial charge in [0.05, 0.1) is 11.8 Å². The van der Waals surface area contributed by atoms with Gasteiger partial charge in [0, 0.05) is 22.2 Å². The van der Waals surface area contributed by atoms with Gasteiger partial charge < -0.3 is 9.15 Å². The minimum atomic E-state index is -0.420. The molecule has 0 radical (unpaired) electrons. The first kappa shape index (κ1) is 17.2. The van der Waals surface area contributed by atoms with Crippen molar-refractivity contribution in [1.82, 2.24) is 9.97 Å². The summed E-state index contributed by atoms with van der Waals surface area (Å²) in [6.07, 6.45) is 1.63. The molecule has 4 rings (SSSR count). The number of esters is 1. The van der Waals surface area contributed by atoms with Crippen LogP contribution in [0.5, 0.6) is 0 Å². The van der Waals surface area contributed by atoms with Crippen molar-refractivity contribution in [3.05, 3.63) is 83.3 Å². The minimum absolute atomic E-state index is 0.0148. The summed E-state index contributed by atoms with van der Waals surface area (Å²) in [6.45, 7) is 1.94. The molecule has 0 N–H and O–H groups in total. The molecular formula is C21H16N2O3S. The average molecular weight is 376 g/mol. The van der Waals surface area contributed by atoms with E-state index >= 15 is 0 Å². The van der Waals surface area contributed by atoms with Gasteiger partial charge in [-0.05, 0) is 19.1 Å². The van der Waals surface area contributed by atoms with Crippen LogP contribution in [0.25, 0.3) is 21.9 Å². The van der Waals surface area contributed by atoms with Crippen molar-refractivity contribution in [2.24, 2.45) is 0 Å². The molecule has 5 nitrogen and oxygen atoms in total. The van der Waals surface area contributed by atoms with Gasteiger partial charge in [0.25, 0.3) is 0 Å². The van der Waals surface area contributed by atoms with E-state index in [0.29, 0.717) is 17.2 Å². The molecule has 134 valence electrons. The zero-order valence-electron chi connectivity index (χ0n) is 14.6. The molecule has 0 amide bonds. The summed E-state index contributed by atoms with van der Waals surface area (Å²) >= 11 is 1.58. The maximum absolute atomic E-state index is 12.2. The van der Waals surface area contributed by atoms with Crippen LogP contribution in [-0.4, -0.2) is 15.9 Å². The molecule has 0 bridgehead atoms. The highest BCUT2D eigenvalue weighted by Crippen LogP contribution is 2.24. The van der Waals surface area contributed by atoms with Crippen LogP contribution in [0.1, 0.15) is 21.9 Å². The van der Waals surface area contributed by atoms with E-state index in [0.717, 1.165) is 21.8 Å². The second-order valence-electron chi connectivity index (χ2n) is 5.93. The Bertz CT molecular complexity index is 1050. The standard InChI is InChI=1S/C21H16N2O3S/c1-14-13-27-20(23-14)16-7-9-17(10-8-16)21(24)25-12-19-22-11-18(26-19)15-5-3-2-4-6-15/h2-11,13H,12H2,1H3. The molecule has 0 atom stereocenters. The number of hydrogen-bond donors (Lipinski definition) is 0. The second-order valence-corrected chi connectivity index (χ2v) is 6.79. The third-order valence-electron chi connectivity index (χ3n) is 3.93. The van der Waals surface area contributed by atoms with Crippen LogP contribution in [0.2, 0.25) is 0 Å². The van der Waals surface area contributed by atoms with Gasteiger partial charge in [-0.2, -0.15) is 0 Å². The van der Waals surface area contributed by atoms with Crippen LogP contribution in [-0.2, 0) is 11.3 Å². The molecule has 2 heterocycles. The first-order chi connectivity index (χ1) is 13.2. The number of ether oxygens (including phenoxy) is 1. The number of carbonyl (C=O) groups is 1. The van der Waals surface area contributed by atoms with Crippen molar-refractivity contribution in [2.75, 3.05) is 0 Å². The zero-order valence-corrected chi connectivity index (χ0v) is 15.4. The number of benzene rings is 2. The molecular weight excluding hydrogens is 360 g/mol. The van der Waals surface area contributed by atoms with Gasteiger partial charge in [0.2, 0.25) is 5.89 Å². The van der Waals surface area contributed by atoms with Gasteiger partial charge in [0.15, 0.2) is 12.4 Å². The van der Waals surface area contributed by atoms with Crippen LogP contribution < -0.4 is 0 Å². The number of nitrogens with zero attached hydrogens (tertiary/aromatic N) is 2. The molecule has 0 aliphatic heterocycles. The molecule has 4 aromatic rings. The first-order valence-electron chi connectivity index (χ1n) is 8.39. The van der Waals surface area contributed by atoms with E-state index in [4.69, 9.17) is 9.15 Å². The number of thiazole rings is 1. The highest BCUT2D eigenvalue weighted by atomic mass is 32.1. The van der Waals surface area contributed by atoms with E-state index in [1.165, 1.54) is 0 Å². The molecule has 2 aromatic heterocycles. The lowest BCUT2D eigenvalue weighted by Gasteiger charge is -2.03. The molecule has 0 saturated carbocycles. The number of carbonyl (C=O) groups excluding carboxylic acids is 1. The third-order valence-corrected chi connectivity index (χ3v) is 4.93. The lowest BCUT2D eigenvalue weighted by atomic mass is 10.1. The van der Waals surface area contributed by atoms with E-state index in [1.807, 2.05) is 54.8 Å². The predicted molar refractivity (Wildman–Crippen MR) is 103 cm³/mol. The van der Waals surface area contributed by atoms with E-state index < -0.39 is 5.97 Å². The SMILES string of the molecule is Cc1csc(-c2ccc(C(=O)OCc3ncc(-c4ccccc4)o3)cc2)n1. The Balaban J connectivity index is 1.39. The number of hydrogen-bond acceptors (Lipinski definition) is 6. The lowest BCUT2D eigenvalue weighted by Crippen LogP contribution is -2.05. The summed E-state index contributed by atoms with van der Waals surface area (Å²) in [4.78, 5) is 20.8. The average Bonchev–Trinajstić information content (AvgIpc) is 3.36. The van der Waals surface area contributed by atoms with Gasteiger partial charge in [-0.1, -0.05) is 42.5 Å². The van der Waals surface area contributed by atoms with Gasteiger partial charge in [-0.15, -0.1) is 11.3 Å². The first-order valence-corrected chi connectivity index (χ1v) is 9.27. The van der Waals surface area contributed by atoms with Crippen molar-refractivity contribution in [2.45, 2.75) is 13.5 Å². The Morgan fingerprint density at radius 3 is 2.56 bits per heavy atom. The third kappa shape index (κ3) is 3.96. The van der Waals surface area contributed by atoms with Crippen molar-refractivity contribution in [3.63, 3.8) is 0 Å². The van der Waals surface area contributed by atoms with Crippen molar-refractivity contribution < 1.29 is 13.9 Å². The molecule has 6 heteroatoms. The van der Waals surface area contributed by atoms with Crippen LogP contribution in [0.15, 0.2) is 70.6 Å². The summed E-state index contributed by atoms with van der Waals surface area (Å²) < 4.78 is 10.9. The number of aromatic nitrogens is 2. The largest absolute Gasteiger partial charge is 0.452 e. The van der Waals surface area contributed by atoms with Gasteiger partial charge in [-0.25, -0.2) is 14.8 Å². The Morgan fingerprint density at radius 2 is 1.85 bits per heavy atom. The molecule has 0 spiro atoms. The fraction of sp³-hybridized carbons (Fsp3) is 0.0952. The van der Waals surface area contributed by atoms with Crippen LogP contribution in [0.3, 0.4) is 0 Å². The van der Waals surface area contributed by atoms with E-state index in [1.54, 1.807) is 29.7 Å². The van der Waals surface area contributed by atoms with Gasteiger partial charge in [-0.3, -0.25) is 0 Å². The summed E-state index contributed by atoms with van der Waals surface area (Å²) in [5.41, 5.74) is 3.36. The topological polar surface area (TPSA) is 65.2 Å². The minimum Gasteiger partial charge on any atom is -0.452 e. The molecule has 27 heavy (non-hydrogen) atoms. The number of rotatable bonds is 5. The summed E-state index contributed by atoms with van der Waals surface area (Å²) in [7, 11) is 0. The molecule has 2 aromatic carbocycles. The predicted octanol–water partition coefficient (Wildman–Crippen LogP) is 5.13. The van der Waals surface area contributed by atoms with Crippen LogP contribution in [0, 0.1) is 6.92 Å². The molecule has 0 saturated heterocycles. The Hall–Kier alpha value is -3.25. The summed E-state index contributed by atoms with van der Waals surface area (Å²) in [5.74, 6) is 0.582. The molecule has 0 unspecified atom stereocenters. The van der Waals surface area contributed by atoms with Crippen LogP contribution in [0.4, 0.5) is 0 Å². The van der Waals surface area contributed by atoms with Crippen molar-refractivity contribution >= 4 is 17.3 Å². The van der Waals surface area contributed by atoms with Crippen LogP contribution >= 0.6 is 11.3 Å². The van der Waals surface area contributed by atoms with Gasteiger partial charge in [0.1, 0.15) is 5.01 Å². The highest BCUT2D eigenvalue weighted by Gasteiger charge is 2.12. The van der Waals surface area contributed by atoms with E-state index in [9.17, 15) is 4.79 Å². The summed E-state index contributed by atoms with van der Waals surface area (Å²) in [6, 6.07) is 16.9. The maximum Gasteiger partial charge on any atom is 0.338 e. The molecule has 0 aliphatic carbocycles. The zero-order chi connectivity index (χ0) is 18.6. The Morgan fingerprint density at radius 1 is 1.07 bits per heavy atom. The molecule has 0 aliphatic rings. The fourth-order valence-corrected chi connectivity index (χ4v) is 3.36. The maximum atomic E-state index is 12.2. The summed E-state index contributed by atoms with van der Waals surface area (Å²) in [5, 5.41) is 2.93. The fourth-order valence-electron chi connectivity index (χ4n) is 2.56. The smallest absolute Gasteiger partial charge is 0.338 e. The quantitative estimate of drug-likeness (QED) is 0.452. The lowest BCUT2D eigenvalue weighted by molar-refractivity contribution is 0.0439. The number of oxazole rings is 1. The number of aryl methyl sites for hydroxylation is 1. The Labute approximate surface area is 160 Å². The molecule has 0 fully saturated rings. The van der Waals surface area contributed by atoms with Gasteiger partial charge >= 0.3 is 5.97 Å². The normalized spacial score (nSPS) is 10.7. The Kier molecular flexibility index (Phi) is 4.80. The second kappa shape index (κ2) is 7.55. The van der Waals surface area contributed by atoms with E-state index in [2.05, 4.69) is 9.97 Å². The monoisotopic (exact) mass is 376 g/mol. The van der Waals surface area contributed by atoms with Crippen molar-refractivity contribution in [1.29, 1.82) is 0 Å².